The molecular formula is C13H15N2S. The van der Waals surface area contributed by atoms with Crippen molar-refractivity contribution in [2.45, 2.75) is 18.5 Å². The van der Waals surface area contributed by atoms with Crippen molar-refractivity contribution in [2.24, 2.45) is 5.73 Å². The summed E-state index contributed by atoms with van der Waals surface area (Å²) in [6.07, 6.45) is 0.757. The molecule has 0 aliphatic heterocycles. The van der Waals surface area contributed by atoms with Gasteiger partial charge in [0, 0.05) is 10.9 Å². The van der Waals surface area contributed by atoms with Crippen molar-refractivity contribution in [1.82, 2.24) is 5.73 Å². The van der Waals surface area contributed by atoms with E-state index in [1.807, 2.05) is 35.7 Å². The molecule has 83 valence electrons. The first kappa shape index (κ1) is 11.3. The van der Waals surface area contributed by atoms with Crippen LogP contribution in [-0.4, -0.2) is 6.04 Å². The van der Waals surface area contributed by atoms with Gasteiger partial charge in [-0.1, -0.05) is 36.4 Å². The molecule has 2 nitrogen and oxygen atoms in total. The van der Waals surface area contributed by atoms with Gasteiger partial charge in [0.25, 0.3) is 0 Å². The Bertz CT molecular complexity index is 411. The molecule has 0 aliphatic carbocycles. The van der Waals surface area contributed by atoms with Gasteiger partial charge in [-0.3, -0.25) is 0 Å². The van der Waals surface area contributed by atoms with Gasteiger partial charge >= 0.3 is 0 Å². The number of hydrogen-bond acceptors (Lipinski definition) is 2. The summed E-state index contributed by atoms with van der Waals surface area (Å²) >= 11 is 1.60. The molecule has 1 unspecified atom stereocenters. The lowest BCUT2D eigenvalue weighted by atomic mass is 10.00. The average Bonchev–Trinajstić information content (AvgIpc) is 2.83. The van der Waals surface area contributed by atoms with Gasteiger partial charge in [0.2, 0.25) is 0 Å². The molecule has 2 atom stereocenters. The number of hydrogen-bond donors (Lipinski definition) is 1. The van der Waals surface area contributed by atoms with Crippen LogP contribution < -0.4 is 11.5 Å². The lowest BCUT2D eigenvalue weighted by molar-refractivity contribution is 0.538. The first-order valence-corrected chi connectivity index (χ1v) is 6.19. The van der Waals surface area contributed by atoms with Crippen LogP contribution in [0.25, 0.3) is 0 Å². The van der Waals surface area contributed by atoms with Crippen LogP contribution in [0.15, 0.2) is 47.8 Å². The summed E-state index contributed by atoms with van der Waals surface area (Å²) in [6.45, 7) is 0. The minimum atomic E-state index is -0.319. The normalized spacial score (nSPS) is 14.6. The molecule has 0 aliphatic rings. The van der Waals surface area contributed by atoms with E-state index in [0.29, 0.717) is 0 Å². The molecule has 1 heterocycles. The Morgan fingerprint density at radius 2 is 1.88 bits per heavy atom. The fourth-order valence-corrected chi connectivity index (χ4v) is 2.48. The Labute approximate surface area is 99.9 Å². The molecule has 0 saturated heterocycles. The van der Waals surface area contributed by atoms with Crippen molar-refractivity contribution in [3.63, 3.8) is 0 Å². The molecule has 0 bridgehead atoms. The highest BCUT2D eigenvalue weighted by atomic mass is 32.1. The number of thiophene rings is 1. The monoisotopic (exact) mass is 231 g/mol. The van der Waals surface area contributed by atoms with Gasteiger partial charge in [-0.05, 0) is 23.4 Å². The fraction of sp³-hybridized carbons (Fsp3) is 0.231. The van der Waals surface area contributed by atoms with Crippen LogP contribution in [0.1, 0.15) is 16.5 Å². The van der Waals surface area contributed by atoms with Crippen LogP contribution in [0.5, 0.6) is 0 Å². The first-order valence-electron chi connectivity index (χ1n) is 5.31. The zero-order valence-electron chi connectivity index (χ0n) is 8.97. The van der Waals surface area contributed by atoms with Crippen LogP contribution in [0.3, 0.4) is 0 Å². The standard InChI is InChI=1S/C13H15N2S/c14-11(9-10-5-2-1-3-6-10)13(15)12-7-4-8-16-12/h1-8,11,13,15H,9,14H2/t11-,13?/m0/s1. The maximum absolute atomic E-state index is 8.07. The largest absolute Gasteiger partial charge is 0.326 e. The van der Waals surface area contributed by atoms with Gasteiger partial charge in [0.15, 0.2) is 0 Å². The topological polar surface area (TPSA) is 49.8 Å². The summed E-state index contributed by atoms with van der Waals surface area (Å²) in [5.41, 5.74) is 15.3. The molecule has 16 heavy (non-hydrogen) atoms. The Kier molecular flexibility index (Phi) is 3.72. The van der Waals surface area contributed by atoms with Gasteiger partial charge in [-0.15, -0.1) is 11.3 Å². The molecular weight excluding hydrogens is 216 g/mol. The maximum atomic E-state index is 8.07. The third kappa shape index (κ3) is 2.70. The van der Waals surface area contributed by atoms with E-state index in [-0.39, 0.29) is 12.1 Å². The van der Waals surface area contributed by atoms with E-state index in [2.05, 4.69) is 12.1 Å². The molecule has 0 spiro atoms. The Balaban J connectivity index is 2.01. The fourth-order valence-electron chi connectivity index (χ4n) is 1.68. The molecule has 1 aromatic heterocycles. The maximum Gasteiger partial charge on any atom is 0.0709 e. The van der Waals surface area contributed by atoms with Crippen molar-refractivity contribution < 1.29 is 0 Å². The van der Waals surface area contributed by atoms with E-state index >= 15 is 0 Å². The van der Waals surface area contributed by atoms with Crippen LogP contribution in [0.4, 0.5) is 0 Å². The second-order valence-electron chi connectivity index (χ2n) is 3.85. The van der Waals surface area contributed by atoms with Crippen LogP contribution in [0, 0.1) is 0 Å². The molecule has 3 heteroatoms. The van der Waals surface area contributed by atoms with Gasteiger partial charge in [0.1, 0.15) is 0 Å². The molecule has 1 aromatic carbocycles. The molecule has 1 radical (unpaired) electrons. The van der Waals surface area contributed by atoms with Crippen molar-refractivity contribution >= 4 is 11.3 Å². The number of nitrogens with one attached hydrogen (secondary N) is 1. The summed E-state index contributed by atoms with van der Waals surface area (Å²) < 4.78 is 0. The third-order valence-corrected chi connectivity index (χ3v) is 3.55. The van der Waals surface area contributed by atoms with E-state index in [1.165, 1.54) is 5.56 Å². The molecule has 2 rings (SSSR count). The van der Waals surface area contributed by atoms with Crippen molar-refractivity contribution in [2.75, 3.05) is 0 Å². The van der Waals surface area contributed by atoms with E-state index in [0.717, 1.165) is 11.3 Å². The lowest BCUT2D eigenvalue weighted by Crippen LogP contribution is -2.31. The molecule has 0 fully saturated rings. The zero-order chi connectivity index (χ0) is 11.4. The summed E-state index contributed by atoms with van der Waals surface area (Å²) in [7, 11) is 0. The van der Waals surface area contributed by atoms with Gasteiger partial charge < -0.3 is 5.73 Å². The Morgan fingerprint density at radius 3 is 2.50 bits per heavy atom. The van der Waals surface area contributed by atoms with E-state index < -0.39 is 0 Å². The zero-order valence-corrected chi connectivity index (χ0v) is 9.78. The molecule has 3 N–H and O–H groups in total. The highest BCUT2D eigenvalue weighted by Gasteiger charge is 2.17. The highest BCUT2D eigenvalue weighted by Crippen LogP contribution is 2.21. The van der Waals surface area contributed by atoms with Crippen molar-refractivity contribution in [3.05, 3.63) is 58.3 Å². The minimum Gasteiger partial charge on any atom is -0.326 e. The summed E-state index contributed by atoms with van der Waals surface area (Å²) in [5.74, 6) is 0. The average molecular weight is 231 g/mol. The van der Waals surface area contributed by atoms with Crippen molar-refractivity contribution in [3.8, 4) is 0 Å². The second-order valence-corrected chi connectivity index (χ2v) is 4.83. The molecule has 0 amide bonds. The summed E-state index contributed by atoms with van der Waals surface area (Å²) in [6, 6.07) is 13.6. The Morgan fingerprint density at radius 1 is 1.12 bits per heavy atom. The summed E-state index contributed by atoms with van der Waals surface area (Å²) in [5, 5.41) is 1.99. The molecule has 2 aromatic rings. The van der Waals surface area contributed by atoms with E-state index in [1.54, 1.807) is 11.3 Å². The van der Waals surface area contributed by atoms with Gasteiger partial charge in [-0.25, -0.2) is 5.73 Å². The second kappa shape index (κ2) is 5.25. The Hall–Kier alpha value is -1.16. The third-order valence-electron chi connectivity index (χ3n) is 2.59. The predicted octanol–water partition coefficient (Wildman–Crippen LogP) is 2.64. The predicted molar refractivity (Wildman–Crippen MR) is 68.3 cm³/mol. The van der Waals surface area contributed by atoms with E-state index in [9.17, 15) is 0 Å². The van der Waals surface area contributed by atoms with Crippen LogP contribution in [-0.2, 0) is 6.42 Å². The first-order chi connectivity index (χ1) is 7.77. The number of rotatable bonds is 4. The van der Waals surface area contributed by atoms with Crippen LogP contribution >= 0.6 is 11.3 Å². The van der Waals surface area contributed by atoms with Crippen molar-refractivity contribution in [1.29, 1.82) is 0 Å². The smallest absolute Gasteiger partial charge is 0.0709 e. The SMILES string of the molecule is [NH]C(c1cccs1)[C@@H](N)Cc1ccccc1. The highest BCUT2D eigenvalue weighted by molar-refractivity contribution is 7.10. The van der Waals surface area contributed by atoms with Gasteiger partial charge in [0.05, 0.1) is 6.04 Å². The number of benzene rings is 1. The number of nitrogens with two attached hydrogens (primary N) is 1. The lowest BCUT2D eigenvalue weighted by Gasteiger charge is -2.17. The minimum absolute atomic E-state index is 0.138. The summed E-state index contributed by atoms with van der Waals surface area (Å²) in [4.78, 5) is 1.04. The quantitative estimate of drug-likeness (QED) is 0.864. The van der Waals surface area contributed by atoms with Gasteiger partial charge in [-0.2, -0.15) is 0 Å². The van der Waals surface area contributed by atoms with E-state index in [4.69, 9.17) is 11.5 Å². The molecule has 0 saturated carbocycles. The van der Waals surface area contributed by atoms with Crippen LogP contribution in [0.2, 0.25) is 0 Å².